The Bertz CT molecular complexity index is 429. The highest BCUT2D eigenvalue weighted by Crippen LogP contribution is 2.32. The number of hydrogen-bond donors (Lipinski definition) is 1. The number of nitrogens with one attached hydrogen (secondary N) is 1. The molecule has 2 unspecified atom stereocenters. The van der Waals surface area contributed by atoms with Crippen LogP contribution < -0.4 is 0 Å². The number of amides is 1. The summed E-state index contributed by atoms with van der Waals surface area (Å²) in [4.78, 5) is 20.0. The van der Waals surface area contributed by atoms with Gasteiger partial charge in [-0.15, -0.1) is 0 Å². The van der Waals surface area contributed by atoms with E-state index in [1.54, 1.807) is 11.1 Å². The molecule has 2 aliphatic heterocycles. The predicted octanol–water partition coefficient (Wildman–Crippen LogP) is 4.25. The molecule has 0 saturated carbocycles. The van der Waals surface area contributed by atoms with Crippen molar-refractivity contribution in [1.29, 1.82) is 5.41 Å². The van der Waals surface area contributed by atoms with Gasteiger partial charge in [0.15, 0.2) is 0 Å². The van der Waals surface area contributed by atoms with E-state index in [4.69, 9.17) is 10.1 Å². The Labute approximate surface area is 154 Å². The van der Waals surface area contributed by atoms with Crippen molar-refractivity contribution in [2.24, 2.45) is 16.8 Å². The SMILES string of the molecule is CC.CC.CC/C=N\C(=N)N1CC2CN(C(=O)OC(C)(C)C)CC2C1. The van der Waals surface area contributed by atoms with Crippen LogP contribution in [0.1, 0.15) is 61.8 Å². The number of rotatable bonds is 1. The van der Waals surface area contributed by atoms with Crippen LogP contribution in [0.25, 0.3) is 0 Å². The van der Waals surface area contributed by atoms with E-state index < -0.39 is 5.60 Å². The lowest BCUT2D eigenvalue weighted by Crippen LogP contribution is -2.38. The molecule has 2 saturated heterocycles. The summed E-state index contributed by atoms with van der Waals surface area (Å²) in [6, 6.07) is 0. The fourth-order valence-electron chi connectivity index (χ4n) is 2.90. The number of ether oxygens (including phenoxy) is 1. The van der Waals surface area contributed by atoms with E-state index >= 15 is 0 Å². The first kappa shape index (κ1) is 23.4. The maximum atomic E-state index is 12.1. The van der Waals surface area contributed by atoms with Crippen LogP contribution in [-0.2, 0) is 4.74 Å². The number of hydrogen-bond acceptors (Lipinski definition) is 3. The number of guanidine groups is 1. The van der Waals surface area contributed by atoms with E-state index in [0.717, 1.165) is 32.6 Å². The van der Waals surface area contributed by atoms with E-state index in [1.165, 1.54) is 0 Å². The molecule has 0 aromatic heterocycles. The maximum absolute atomic E-state index is 12.1. The molecule has 6 nitrogen and oxygen atoms in total. The molecule has 2 rings (SSSR count). The maximum Gasteiger partial charge on any atom is 0.410 e. The third-order valence-corrected chi connectivity index (χ3v) is 3.83. The quantitative estimate of drug-likeness (QED) is 0.565. The molecule has 0 aromatic carbocycles. The molecule has 25 heavy (non-hydrogen) atoms. The average Bonchev–Trinajstić information content (AvgIpc) is 3.13. The highest BCUT2D eigenvalue weighted by Gasteiger charge is 2.43. The van der Waals surface area contributed by atoms with Gasteiger partial charge in [0.05, 0.1) is 0 Å². The standard InChI is InChI=1S/C15H26N4O2.2C2H6/c1-5-6-17-13(16)18-7-11-9-19(10-12(11)8-18)14(20)21-15(2,3)4;2*1-2/h6,11-12,16H,5,7-10H2,1-4H3;2*1-2H3/b16-13?,17-6-;;. The van der Waals surface area contributed by atoms with Gasteiger partial charge in [0, 0.05) is 44.2 Å². The van der Waals surface area contributed by atoms with Crippen molar-refractivity contribution in [3.63, 3.8) is 0 Å². The van der Waals surface area contributed by atoms with Gasteiger partial charge >= 0.3 is 6.09 Å². The first-order valence-electron chi connectivity index (χ1n) is 9.64. The zero-order valence-corrected chi connectivity index (χ0v) is 17.4. The molecule has 1 N–H and O–H groups in total. The highest BCUT2D eigenvalue weighted by molar-refractivity contribution is 5.85. The monoisotopic (exact) mass is 354 g/mol. The largest absolute Gasteiger partial charge is 0.444 e. The Morgan fingerprint density at radius 3 is 1.92 bits per heavy atom. The molecule has 146 valence electrons. The van der Waals surface area contributed by atoms with E-state index in [-0.39, 0.29) is 6.09 Å². The summed E-state index contributed by atoms with van der Waals surface area (Å²) in [5, 5.41) is 7.94. The number of aliphatic imine (C=N–C) groups is 1. The first-order chi connectivity index (χ1) is 11.8. The summed E-state index contributed by atoms with van der Waals surface area (Å²) in [5.74, 6) is 1.19. The number of likely N-dealkylation sites (tertiary alicyclic amines) is 2. The topological polar surface area (TPSA) is 69.0 Å². The molecule has 6 heteroatoms. The summed E-state index contributed by atoms with van der Waals surface area (Å²) in [6.07, 6.45) is 2.39. The summed E-state index contributed by atoms with van der Waals surface area (Å²) >= 11 is 0. The Morgan fingerprint density at radius 1 is 1.08 bits per heavy atom. The third kappa shape index (κ3) is 7.45. The molecule has 0 spiro atoms. The second-order valence-electron chi connectivity index (χ2n) is 6.85. The van der Waals surface area contributed by atoms with E-state index in [2.05, 4.69) is 4.99 Å². The first-order valence-corrected chi connectivity index (χ1v) is 9.64. The molecule has 0 aliphatic carbocycles. The van der Waals surface area contributed by atoms with Crippen LogP contribution in [-0.4, -0.2) is 59.8 Å². The Balaban J connectivity index is 0.00000134. The molecular weight excluding hydrogens is 316 g/mol. The smallest absolute Gasteiger partial charge is 0.410 e. The summed E-state index contributed by atoms with van der Waals surface area (Å²) in [5.41, 5.74) is -0.447. The Hall–Kier alpha value is -1.59. The normalized spacial score (nSPS) is 21.9. The summed E-state index contributed by atoms with van der Waals surface area (Å²) in [6.45, 7) is 18.7. The third-order valence-electron chi connectivity index (χ3n) is 3.83. The number of carbonyl (C=O) groups excluding carboxylic acids is 1. The molecule has 2 fully saturated rings. The minimum atomic E-state index is -0.447. The molecule has 0 bridgehead atoms. The molecule has 2 atom stereocenters. The second-order valence-corrected chi connectivity index (χ2v) is 6.85. The van der Waals surface area contributed by atoms with Gasteiger partial charge in [0.25, 0.3) is 0 Å². The molecular formula is C19H38N4O2. The van der Waals surface area contributed by atoms with Crippen molar-refractivity contribution < 1.29 is 9.53 Å². The molecule has 2 heterocycles. The highest BCUT2D eigenvalue weighted by atomic mass is 16.6. The lowest BCUT2D eigenvalue weighted by molar-refractivity contribution is 0.0278. The molecule has 2 aliphatic rings. The average molecular weight is 355 g/mol. The number of carbonyl (C=O) groups is 1. The van der Waals surface area contributed by atoms with Gasteiger partial charge < -0.3 is 14.5 Å². The van der Waals surface area contributed by atoms with Crippen LogP contribution in [0.3, 0.4) is 0 Å². The van der Waals surface area contributed by atoms with Gasteiger partial charge in [0.2, 0.25) is 5.96 Å². The second kappa shape index (κ2) is 11.1. The van der Waals surface area contributed by atoms with E-state index in [0.29, 0.717) is 17.8 Å². The minimum absolute atomic E-state index is 0.220. The van der Waals surface area contributed by atoms with Gasteiger partial charge in [-0.25, -0.2) is 9.79 Å². The van der Waals surface area contributed by atoms with Gasteiger partial charge in [0.1, 0.15) is 5.60 Å². The zero-order valence-electron chi connectivity index (χ0n) is 17.4. The molecule has 1 amide bonds. The minimum Gasteiger partial charge on any atom is -0.444 e. The molecule has 0 radical (unpaired) electrons. The molecule has 0 aromatic rings. The fraction of sp³-hybridized carbons (Fsp3) is 0.842. The van der Waals surface area contributed by atoms with Crippen LogP contribution in [0, 0.1) is 17.2 Å². The van der Waals surface area contributed by atoms with Crippen LogP contribution in [0.4, 0.5) is 4.79 Å². The van der Waals surface area contributed by atoms with Crippen molar-refractivity contribution in [1.82, 2.24) is 9.80 Å². The lowest BCUT2D eigenvalue weighted by Gasteiger charge is -2.26. The van der Waals surface area contributed by atoms with Crippen LogP contribution in [0.15, 0.2) is 4.99 Å². The predicted molar refractivity (Wildman–Crippen MR) is 106 cm³/mol. The van der Waals surface area contributed by atoms with Crippen molar-refractivity contribution in [3.8, 4) is 0 Å². The van der Waals surface area contributed by atoms with E-state index in [1.807, 2.05) is 60.3 Å². The zero-order chi connectivity index (χ0) is 19.6. The van der Waals surface area contributed by atoms with Gasteiger partial charge in [-0.05, 0) is 27.2 Å². The van der Waals surface area contributed by atoms with Gasteiger partial charge in [-0.3, -0.25) is 5.41 Å². The Morgan fingerprint density at radius 2 is 1.52 bits per heavy atom. The van der Waals surface area contributed by atoms with Gasteiger partial charge in [-0.1, -0.05) is 34.6 Å². The van der Waals surface area contributed by atoms with Crippen molar-refractivity contribution in [3.05, 3.63) is 0 Å². The van der Waals surface area contributed by atoms with Crippen LogP contribution >= 0.6 is 0 Å². The van der Waals surface area contributed by atoms with E-state index in [9.17, 15) is 4.79 Å². The summed E-state index contributed by atoms with van der Waals surface area (Å²) < 4.78 is 5.42. The number of fused-ring (bicyclic) bond motifs is 1. The van der Waals surface area contributed by atoms with Crippen molar-refractivity contribution in [2.45, 2.75) is 67.4 Å². The van der Waals surface area contributed by atoms with Crippen LogP contribution in [0.2, 0.25) is 0 Å². The van der Waals surface area contributed by atoms with Crippen molar-refractivity contribution in [2.75, 3.05) is 26.2 Å². The van der Waals surface area contributed by atoms with Crippen LogP contribution in [0.5, 0.6) is 0 Å². The van der Waals surface area contributed by atoms with Gasteiger partial charge in [-0.2, -0.15) is 0 Å². The summed E-state index contributed by atoms with van der Waals surface area (Å²) in [7, 11) is 0. The van der Waals surface area contributed by atoms with Crippen molar-refractivity contribution >= 4 is 18.3 Å². The number of nitrogens with zero attached hydrogens (tertiary/aromatic N) is 3. The fourth-order valence-corrected chi connectivity index (χ4v) is 2.90. The Kier molecular flexibility index (Phi) is 10.4. The lowest BCUT2D eigenvalue weighted by atomic mass is 10.0.